The Morgan fingerprint density at radius 2 is 1.59 bits per heavy atom. The van der Waals surface area contributed by atoms with E-state index < -0.39 is 0 Å². The first-order valence-electron chi connectivity index (χ1n) is 6.02. The second-order valence-corrected chi connectivity index (χ2v) is 8.13. The van der Waals surface area contributed by atoms with Gasteiger partial charge in [0.2, 0.25) is 0 Å². The van der Waals surface area contributed by atoms with E-state index in [1.165, 1.54) is 39.9 Å². The molecule has 2 aromatic rings. The number of rotatable bonds is 6. The van der Waals surface area contributed by atoms with Crippen LogP contribution >= 0.6 is 45.3 Å². The Balaban J connectivity index is 1.64. The smallest absolute Gasteiger partial charge is 0.0685 e. The maximum atomic E-state index is 2.45. The minimum Gasteiger partial charge on any atom is -0.149 e. The molecule has 0 unspecified atom stereocenters. The minimum atomic E-state index is 1.25. The van der Waals surface area contributed by atoms with Crippen molar-refractivity contribution in [2.75, 3.05) is 0 Å². The van der Waals surface area contributed by atoms with Crippen molar-refractivity contribution in [1.29, 1.82) is 0 Å². The zero-order valence-electron chi connectivity index (χ0n) is 10.0. The van der Waals surface area contributed by atoms with Crippen LogP contribution in [0.3, 0.4) is 0 Å². The summed E-state index contributed by atoms with van der Waals surface area (Å²) in [6, 6.07) is 4.55. The molecule has 0 fully saturated rings. The summed E-state index contributed by atoms with van der Waals surface area (Å²) in [4.78, 5) is 1.50. The average Bonchev–Trinajstić information content (AvgIpc) is 2.89. The van der Waals surface area contributed by atoms with Crippen LogP contribution in [0.2, 0.25) is 0 Å². The van der Waals surface area contributed by atoms with Crippen molar-refractivity contribution in [3.63, 3.8) is 0 Å². The first-order valence-corrected chi connectivity index (χ1v) is 8.86. The van der Waals surface area contributed by atoms with Crippen molar-refractivity contribution in [3.8, 4) is 0 Å². The minimum absolute atomic E-state index is 1.25. The Bertz CT molecular complexity index is 414. The van der Waals surface area contributed by atoms with Gasteiger partial charge >= 0.3 is 0 Å². The molecule has 0 atom stereocenters. The normalized spacial score (nSPS) is 10.9. The molecule has 0 bridgehead atoms. The summed E-state index contributed by atoms with van der Waals surface area (Å²) in [6.45, 7) is 2.23. The summed E-state index contributed by atoms with van der Waals surface area (Å²) in [5.74, 6) is 0. The number of thiophene rings is 2. The fourth-order valence-corrected chi connectivity index (χ4v) is 4.30. The molecule has 2 heterocycles. The second-order valence-electron chi connectivity index (χ2n) is 4.28. The number of unbranched alkanes of at least 4 members (excludes halogenated alkanes) is 2. The molecule has 2 rings (SSSR count). The van der Waals surface area contributed by atoms with E-state index in [-0.39, 0.29) is 0 Å². The van der Waals surface area contributed by atoms with Crippen molar-refractivity contribution < 1.29 is 0 Å². The molecule has 0 saturated carbocycles. The van der Waals surface area contributed by atoms with Crippen LogP contribution in [-0.4, -0.2) is 0 Å². The van der Waals surface area contributed by atoms with E-state index in [0.717, 1.165) is 0 Å². The van der Waals surface area contributed by atoms with Gasteiger partial charge in [-0.25, -0.2) is 0 Å². The third kappa shape index (κ3) is 4.07. The van der Waals surface area contributed by atoms with Crippen LogP contribution in [0.5, 0.6) is 0 Å². The molecule has 0 spiro atoms. The standard InChI is InChI=1S/C14H17IS2/c1-11-12(7-9-16-11)5-3-2-4-6-13-8-10-17-14(13)15/h7-10H,2-6H2,1H3. The highest BCUT2D eigenvalue weighted by Crippen LogP contribution is 2.22. The van der Waals surface area contributed by atoms with Gasteiger partial charge in [-0.3, -0.25) is 0 Å². The molecule has 0 radical (unpaired) electrons. The Morgan fingerprint density at radius 3 is 2.18 bits per heavy atom. The van der Waals surface area contributed by atoms with Crippen LogP contribution in [-0.2, 0) is 12.8 Å². The highest BCUT2D eigenvalue weighted by molar-refractivity contribution is 14.1. The van der Waals surface area contributed by atoms with E-state index in [1.807, 2.05) is 22.7 Å². The molecule has 0 aromatic carbocycles. The summed E-state index contributed by atoms with van der Waals surface area (Å²) in [5.41, 5.74) is 3.10. The van der Waals surface area contributed by atoms with Gasteiger partial charge in [0.1, 0.15) is 0 Å². The number of halogens is 1. The monoisotopic (exact) mass is 376 g/mol. The fraction of sp³-hybridized carbons (Fsp3) is 0.429. The maximum absolute atomic E-state index is 2.45. The fourth-order valence-electron chi connectivity index (χ4n) is 1.98. The van der Waals surface area contributed by atoms with Crippen LogP contribution < -0.4 is 0 Å². The Morgan fingerprint density at radius 1 is 0.941 bits per heavy atom. The molecule has 0 aliphatic carbocycles. The lowest BCUT2D eigenvalue weighted by Crippen LogP contribution is -1.88. The van der Waals surface area contributed by atoms with Gasteiger partial charge < -0.3 is 0 Å². The zero-order chi connectivity index (χ0) is 12.1. The largest absolute Gasteiger partial charge is 0.149 e. The second kappa shape index (κ2) is 6.90. The van der Waals surface area contributed by atoms with Gasteiger partial charge in [0, 0.05) is 4.88 Å². The van der Waals surface area contributed by atoms with Crippen molar-refractivity contribution in [2.24, 2.45) is 0 Å². The van der Waals surface area contributed by atoms with Gasteiger partial charge in [-0.05, 0) is 89.2 Å². The van der Waals surface area contributed by atoms with Gasteiger partial charge in [0.25, 0.3) is 0 Å². The summed E-state index contributed by atoms with van der Waals surface area (Å²) < 4.78 is 1.47. The lowest BCUT2D eigenvalue weighted by molar-refractivity contribution is 0.678. The molecule has 0 N–H and O–H groups in total. The Labute approximate surface area is 125 Å². The molecule has 0 aliphatic rings. The third-order valence-electron chi connectivity index (χ3n) is 3.05. The first-order chi connectivity index (χ1) is 8.27. The van der Waals surface area contributed by atoms with E-state index in [4.69, 9.17) is 0 Å². The van der Waals surface area contributed by atoms with Crippen LogP contribution in [0.25, 0.3) is 0 Å². The molecule has 0 aliphatic heterocycles. The number of aryl methyl sites for hydroxylation is 3. The van der Waals surface area contributed by atoms with Crippen molar-refractivity contribution >= 4 is 45.3 Å². The average molecular weight is 376 g/mol. The molecule has 92 valence electrons. The molecule has 3 heteroatoms. The molecule has 0 amide bonds. The summed E-state index contributed by atoms with van der Waals surface area (Å²) >= 11 is 6.17. The van der Waals surface area contributed by atoms with Crippen molar-refractivity contribution in [1.82, 2.24) is 0 Å². The van der Waals surface area contributed by atoms with E-state index >= 15 is 0 Å². The first kappa shape index (κ1) is 13.6. The number of hydrogen-bond donors (Lipinski definition) is 0. The predicted octanol–water partition coefficient (Wildman–Crippen LogP) is 5.68. The molecule has 0 nitrogen and oxygen atoms in total. The summed E-state index contributed by atoms with van der Waals surface area (Å²) in [7, 11) is 0. The number of hydrogen-bond acceptors (Lipinski definition) is 2. The third-order valence-corrected chi connectivity index (χ3v) is 6.14. The van der Waals surface area contributed by atoms with Crippen LogP contribution in [0.1, 0.15) is 35.3 Å². The molecular formula is C14H17IS2. The molecule has 17 heavy (non-hydrogen) atoms. The topological polar surface area (TPSA) is 0 Å². The van der Waals surface area contributed by atoms with E-state index in [0.29, 0.717) is 0 Å². The Kier molecular flexibility index (Phi) is 5.50. The highest BCUT2D eigenvalue weighted by atomic mass is 127. The lowest BCUT2D eigenvalue weighted by atomic mass is 10.1. The SMILES string of the molecule is Cc1sccc1CCCCCc1ccsc1I. The zero-order valence-corrected chi connectivity index (χ0v) is 13.8. The van der Waals surface area contributed by atoms with Gasteiger partial charge in [0.05, 0.1) is 2.88 Å². The van der Waals surface area contributed by atoms with Gasteiger partial charge in [-0.1, -0.05) is 6.42 Å². The highest BCUT2D eigenvalue weighted by Gasteiger charge is 2.02. The van der Waals surface area contributed by atoms with Gasteiger partial charge in [0.15, 0.2) is 0 Å². The summed E-state index contributed by atoms with van der Waals surface area (Å²) in [6.07, 6.45) is 6.52. The molecular weight excluding hydrogens is 359 g/mol. The maximum Gasteiger partial charge on any atom is 0.0685 e. The molecule has 2 aromatic heterocycles. The van der Waals surface area contributed by atoms with Crippen molar-refractivity contribution in [3.05, 3.63) is 41.8 Å². The quantitative estimate of drug-likeness (QED) is 0.450. The van der Waals surface area contributed by atoms with Crippen LogP contribution in [0.4, 0.5) is 0 Å². The lowest BCUT2D eigenvalue weighted by Gasteiger charge is -2.01. The van der Waals surface area contributed by atoms with Crippen LogP contribution in [0, 0.1) is 9.81 Å². The van der Waals surface area contributed by atoms with Gasteiger partial charge in [-0.15, -0.1) is 22.7 Å². The van der Waals surface area contributed by atoms with Crippen molar-refractivity contribution in [2.45, 2.75) is 39.0 Å². The Hall–Kier alpha value is 0.130. The summed E-state index contributed by atoms with van der Waals surface area (Å²) in [5, 5.41) is 4.41. The van der Waals surface area contributed by atoms with E-state index in [9.17, 15) is 0 Å². The van der Waals surface area contributed by atoms with Crippen LogP contribution in [0.15, 0.2) is 22.9 Å². The van der Waals surface area contributed by atoms with Gasteiger partial charge in [-0.2, -0.15) is 0 Å². The van der Waals surface area contributed by atoms with E-state index in [1.54, 1.807) is 11.1 Å². The van der Waals surface area contributed by atoms with E-state index in [2.05, 4.69) is 52.4 Å². The molecule has 0 saturated heterocycles. The predicted molar refractivity (Wildman–Crippen MR) is 87.4 cm³/mol.